The molecule has 0 radical (unpaired) electrons. The van der Waals surface area contributed by atoms with E-state index >= 15 is 0 Å². The summed E-state index contributed by atoms with van der Waals surface area (Å²) < 4.78 is 0. The van der Waals surface area contributed by atoms with E-state index in [0.717, 1.165) is 5.56 Å². The second-order valence-corrected chi connectivity index (χ2v) is 3.57. The highest BCUT2D eigenvalue weighted by atomic mass is 16.4. The van der Waals surface area contributed by atoms with Crippen LogP contribution in [0.2, 0.25) is 0 Å². The standard InChI is InChI=1S/C12H13NO2/c1-9(8-13)7-11(12(14)15)10-5-3-2-4-6-10/h2-6,9,11H,7H2,1H3,(H,14,15). The van der Waals surface area contributed by atoms with Crippen molar-refractivity contribution in [3.63, 3.8) is 0 Å². The number of carboxylic acid groups (broad SMARTS) is 1. The first kappa shape index (κ1) is 11.3. The maximum atomic E-state index is 11.0. The first-order valence-electron chi connectivity index (χ1n) is 4.82. The molecule has 3 heteroatoms. The number of aliphatic carboxylic acids is 1. The third-order valence-electron chi connectivity index (χ3n) is 2.31. The molecule has 1 rings (SSSR count). The Labute approximate surface area is 89.0 Å². The van der Waals surface area contributed by atoms with E-state index in [1.54, 1.807) is 19.1 Å². The van der Waals surface area contributed by atoms with Gasteiger partial charge in [0.25, 0.3) is 0 Å². The van der Waals surface area contributed by atoms with Crippen LogP contribution in [-0.2, 0) is 4.79 Å². The van der Waals surface area contributed by atoms with Gasteiger partial charge < -0.3 is 5.11 Å². The van der Waals surface area contributed by atoms with Crippen LogP contribution in [0.5, 0.6) is 0 Å². The largest absolute Gasteiger partial charge is 0.481 e. The van der Waals surface area contributed by atoms with Crippen LogP contribution < -0.4 is 0 Å². The molecular weight excluding hydrogens is 190 g/mol. The minimum absolute atomic E-state index is 0.244. The second-order valence-electron chi connectivity index (χ2n) is 3.57. The molecule has 1 aromatic carbocycles. The second kappa shape index (κ2) is 5.16. The Morgan fingerprint density at radius 1 is 1.47 bits per heavy atom. The third kappa shape index (κ3) is 3.10. The highest BCUT2D eigenvalue weighted by Crippen LogP contribution is 2.23. The van der Waals surface area contributed by atoms with Crippen LogP contribution in [0.15, 0.2) is 30.3 Å². The van der Waals surface area contributed by atoms with Gasteiger partial charge in [0.15, 0.2) is 0 Å². The van der Waals surface area contributed by atoms with Crippen molar-refractivity contribution in [2.45, 2.75) is 19.3 Å². The Balaban J connectivity index is 2.85. The molecule has 0 aromatic heterocycles. The summed E-state index contributed by atoms with van der Waals surface area (Å²) in [6.07, 6.45) is 0.357. The predicted molar refractivity (Wildman–Crippen MR) is 56.2 cm³/mol. The smallest absolute Gasteiger partial charge is 0.311 e. The number of rotatable bonds is 4. The number of carboxylic acids is 1. The lowest BCUT2D eigenvalue weighted by molar-refractivity contribution is -0.139. The summed E-state index contributed by atoms with van der Waals surface area (Å²) in [4.78, 5) is 11.0. The van der Waals surface area contributed by atoms with E-state index in [2.05, 4.69) is 6.07 Å². The molecule has 78 valence electrons. The Kier molecular flexibility index (Phi) is 3.87. The summed E-state index contributed by atoms with van der Waals surface area (Å²) in [5, 5.41) is 17.7. The fraction of sp³-hybridized carbons (Fsp3) is 0.333. The first-order valence-corrected chi connectivity index (χ1v) is 4.82. The minimum Gasteiger partial charge on any atom is -0.481 e. The van der Waals surface area contributed by atoms with Crippen molar-refractivity contribution in [3.05, 3.63) is 35.9 Å². The molecule has 0 saturated heterocycles. The van der Waals surface area contributed by atoms with Crippen LogP contribution in [0.25, 0.3) is 0 Å². The van der Waals surface area contributed by atoms with Gasteiger partial charge in [-0.2, -0.15) is 5.26 Å². The molecule has 1 aromatic rings. The van der Waals surface area contributed by atoms with Gasteiger partial charge in [0.2, 0.25) is 0 Å². The highest BCUT2D eigenvalue weighted by molar-refractivity contribution is 5.76. The van der Waals surface area contributed by atoms with E-state index in [1.165, 1.54) is 0 Å². The average Bonchev–Trinajstić information content (AvgIpc) is 2.26. The fourth-order valence-corrected chi connectivity index (χ4v) is 1.47. The van der Waals surface area contributed by atoms with Crippen LogP contribution in [0.3, 0.4) is 0 Å². The molecule has 0 amide bonds. The summed E-state index contributed by atoms with van der Waals surface area (Å²) >= 11 is 0. The molecule has 0 bridgehead atoms. The molecule has 0 heterocycles. The van der Waals surface area contributed by atoms with Gasteiger partial charge in [-0.15, -0.1) is 0 Å². The van der Waals surface area contributed by atoms with Crippen molar-refractivity contribution in [1.29, 1.82) is 5.26 Å². The molecule has 0 spiro atoms. The summed E-state index contributed by atoms with van der Waals surface area (Å²) in [7, 11) is 0. The Morgan fingerprint density at radius 3 is 2.53 bits per heavy atom. The maximum Gasteiger partial charge on any atom is 0.311 e. The van der Waals surface area contributed by atoms with Gasteiger partial charge in [0.05, 0.1) is 12.0 Å². The minimum atomic E-state index is -0.872. The summed E-state index contributed by atoms with van der Waals surface area (Å²) in [5.41, 5.74) is 0.757. The molecule has 0 aliphatic heterocycles. The van der Waals surface area contributed by atoms with Crippen molar-refractivity contribution in [1.82, 2.24) is 0 Å². The molecule has 3 nitrogen and oxygen atoms in total. The molecule has 15 heavy (non-hydrogen) atoms. The number of hydrogen-bond donors (Lipinski definition) is 1. The van der Waals surface area contributed by atoms with Crippen LogP contribution in [0, 0.1) is 17.2 Å². The zero-order valence-corrected chi connectivity index (χ0v) is 8.55. The number of nitriles is 1. The zero-order valence-electron chi connectivity index (χ0n) is 8.55. The van der Waals surface area contributed by atoms with E-state index in [-0.39, 0.29) is 5.92 Å². The van der Waals surface area contributed by atoms with E-state index in [0.29, 0.717) is 6.42 Å². The van der Waals surface area contributed by atoms with E-state index in [9.17, 15) is 4.79 Å². The molecule has 0 aliphatic carbocycles. The summed E-state index contributed by atoms with van der Waals surface area (Å²) in [6.45, 7) is 1.74. The van der Waals surface area contributed by atoms with Gasteiger partial charge in [-0.1, -0.05) is 30.3 Å². The van der Waals surface area contributed by atoms with Crippen molar-refractivity contribution < 1.29 is 9.90 Å². The molecular formula is C12H13NO2. The Bertz CT molecular complexity index is 367. The van der Waals surface area contributed by atoms with Crippen LogP contribution in [-0.4, -0.2) is 11.1 Å². The van der Waals surface area contributed by atoms with Crippen LogP contribution in [0.1, 0.15) is 24.8 Å². The van der Waals surface area contributed by atoms with Crippen molar-refractivity contribution in [2.24, 2.45) is 5.92 Å². The Morgan fingerprint density at radius 2 is 2.07 bits per heavy atom. The van der Waals surface area contributed by atoms with E-state index in [4.69, 9.17) is 10.4 Å². The number of carbonyl (C=O) groups is 1. The SMILES string of the molecule is CC(C#N)CC(C(=O)O)c1ccccc1. The number of benzene rings is 1. The average molecular weight is 203 g/mol. The molecule has 1 N–H and O–H groups in total. The van der Waals surface area contributed by atoms with Crippen molar-refractivity contribution >= 4 is 5.97 Å². The van der Waals surface area contributed by atoms with Gasteiger partial charge in [-0.05, 0) is 18.9 Å². The molecule has 2 atom stereocenters. The van der Waals surface area contributed by atoms with E-state index < -0.39 is 11.9 Å². The zero-order chi connectivity index (χ0) is 11.3. The van der Waals surface area contributed by atoms with Gasteiger partial charge in [-0.3, -0.25) is 4.79 Å². The van der Waals surface area contributed by atoms with Crippen LogP contribution >= 0.6 is 0 Å². The third-order valence-corrected chi connectivity index (χ3v) is 2.31. The van der Waals surface area contributed by atoms with Crippen molar-refractivity contribution in [3.8, 4) is 6.07 Å². The summed E-state index contributed by atoms with van der Waals surface area (Å²) in [6, 6.07) is 11.1. The first-order chi connectivity index (χ1) is 7.15. The number of hydrogen-bond acceptors (Lipinski definition) is 2. The van der Waals surface area contributed by atoms with Crippen molar-refractivity contribution in [2.75, 3.05) is 0 Å². The lowest BCUT2D eigenvalue weighted by atomic mass is 9.90. The predicted octanol–water partition coefficient (Wildman–Crippen LogP) is 2.40. The quantitative estimate of drug-likeness (QED) is 0.817. The van der Waals surface area contributed by atoms with E-state index in [1.807, 2.05) is 18.2 Å². The molecule has 0 saturated carbocycles. The lowest BCUT2D eigenvalue weighted by Crippen LogP contribution is -2.14. The highest BCUT2D eigenvalue weighted by Gasteiger charge is 2.21. The van der Waals surface area contributed by atoms with Gasteiger partial charge in [-0.25, -0.2) is 0 Å². The molecule has 2 unspecified atom stereocenters. The fourth-order valence-electron chi connectivity index (χ4n) is 1.47. The van der Waals surface area contributed by atoms with Gasteiger partial charge in [0.1, 0.15) is 0 Å². The normalized spacial score (nSPS) is 13.9. The number of nitrogens with zero attached hydrogens (tertiary/aromatic N) is 1. The lowest BCUT2D eigenvalue weighted by Gasteiger charge is -2.13. The molecule has 0 aliphatic rings. The monoisotopic (exact) mass is 203 g/mol. The van der Waals surface area contributed by atoms with Gasteiger partial charge in [0, 0.05) is 5.92 Å². The summed E-state index contributed by atoms with van der Waals surface area (Å²) in [5.74, 6) is -1.70. The topological polar surface area (TPSA) is 61.1 Å². The molecule has 0 fully saturated rings. The van der Waals surface area contributed by atoms with Gasteiger partial charge >= 0.3 is 5.97 Å². The van der Waals surface area contributed by atoms with Crippen LogP contribution in [0.4, 0.5) is 0 Å². The Hall–Kier alpha value is -1.82. The maximum absolute atomic E-state index is 11.0.